The number of para-hydroxylation sites is 1. The highest BCUT2D eigenvalue weighted by molar-refractivity contribution is 5.35. The molecule has 2 N–H and O–H groups in total. The molecule has 0 aromatic heterocycles. The molecule has 3 heteroatoms. The average molecular weight is 231 g/mol. The number of hydrogen-bond acceptors (Lipinski definition) is 2. The van der Waals surface area contributed by atoms with Crippen LogP contribution in [0.4, 0.5) is 4.39 Å². The fraction of sp³-hybridized carbons (Fsp3) is 0.143. The van der Waals surface area contributed by atoms with E-state index in [-0.39, 0.29) is 11.6 Å². The lowest BCUT2D eigenvalue weighted by Gasteiger charge is -2.08. The molecule has 0 saturated carbocycles. The summed E-state index contributed by atoms with van der Waals surface area (Å²) < 4.78 is 19.0. The lowest BCUT2D eigenvalue weighted by Crippen LogP contribution is -2.03. The molecule has 0 aliphatic carbocycles. The van der Waals surface area contributed by atoms with Gasteiger partial charge in [-0.15, -0.1) is 0 Å². The van der Waals surface area contributed by atoms with Crippen molar-refractivity contribution in [1.29, 1.82) is 0 Å². The fourth-order valence-electron chi connectivity index (χ4n) is 1.56. The van der Waals surface area contributed by atoms with Crippen LogP contribution in [0.2, 0.25) is 0 Å². The van der Waals surface area contributed by atoms with Crippen molar-refractivity contribution in [2.24, 2.45) is 5.73 Å². The molecular formula is C14H14FNO. The first-order valence-corrected chi connectivity index (χ1v) is 5.51. The number of benzene rings is 2. The van der Waals surface area contributed by atoms with Crippen molar-refractivity contribution in [2.45, 2.75) is 6.42 Å². The standard InChI is InChI=1S/C14H14FNO/c15-13-7-6-11(8-9-16)10-14(13)17-12-4-2-1-3-5-12/h1-7,10H,8-9,16H2. The van der Waals surface area contributed by atoms with E-state index in [0.717, 1.165) is 5.56 Å². The van der Waals surface area contributed by atoms with Gasteiger partial charge in [0.1, 0.15) is 5.75 Å². The third-order valence-electron chi connectivity index (χ3n) is 2.40. The second kappa shape index (κ2) is 5.46. The van der Waals surface area contributed by atoms with Crippen LogP contribution in [-0.2, 0) is 6.42 Å². The van der Waals surface area contributed by atoms with Gasteiger partial charge in [0.15, 0.2) is 11.6 Å². The van der Waals surface area contributed by atoms with Gasteiger partial charge < -0.3 is 10.5 Å². The van der Waals surface area contributed by atoms with Gasteiger partial charge in [0.25, 0.3) is 0 Å². The van der Waals surface area contributed by atoms with E-state index in [2.05, 4.69) is 0 Å². The minimum atomic E-state index is -0.366. The molecule has 0 atom stereocenters. The Morgan fingerprint density at radius 3 is 2.53 bits per heavy atom. The van der Waals surface area contributed by atoms with Crippen molar-refractivity contribution >= 4 is 0 Å². The van der Waals surface area contributed by atoms with Crippen molar-refractivity contribution in [3.63, 3.8) is 0 Å². The summed E-state index contributed by atoms with van der Waals surface area (Å²) in [4.78, 5) is 0. The number of halogens is 1. The number of rotatable bonds is 4. The number of nitrogens with two attached hydrogens (primary N) is 1. The third-order valence-corrected chi connectivity index (χ3v) is 2.40. The molecule has 2 aromatic rings. The van der Waals surface area contributed by atoms with Crippen molar-refractivity contribution in [2.75, 3.05) is 6.54 Å². The Hall–Kier alpha value is -1.87. The molecule has 0 unspecified atom stereocenters. The molecule has 0 bridgehead atoms. The molecule has 0 amide bonds. The molecule has 2 nitrogen and oxygen atoms in total. The Balaban J connectivity index is 2.22. The maximum Gasteiger partial charge on any atom is 0.165 e. The first-order valence-electron chi connectivity index (χ1n) is 5.51. The fourth-order valence-corrected chi connectivity index (χ4v) is 1.56. The Morgan fingerprint density at radius 1 is 1.06 bits per heavy atom. The highest BCUT2D eigenvalue weighted by atomic mass is 19.1. The molecule has 0 heterocycles. The van der Waals surface area contributed by atoms with Crippen LogP contribution < -0.4 is 10.5 Å². The van der Waals surface area contributed by atoms with E-state index >= 15 is 0 Å². The van der Waals surface area contributed by atoms with Crippen molar-refractivity contribution < 1.29 is 9.13 Å². The minimum Gasteiger partial charge on any atom is -0.454 e. The molecule has 0 spiro atoms. The van der Waals surface area contributed by atoms with E-state index in [4.69, 9.17) is 10.5 Å². The van der Waals surface area contributed by atoms with Crippen LogP contribution in [0.5, 0.6) is 11.5 Å². The molecule has 0 radical (unpaired) electrons. The average Bonchev–Trinajstić information content (AvgIpc) is 2.35. The maximum absolute atomic E-state index is 13.5. The predicted molar refractivity (Wildman–Crippen MR) is 65.7 cm³/mol. The van der Waals surface area contributed by atoms with E-state index < -0.39 is 0 Å². The van der Waals surface area contributed by atoms with Crippen LogP contribution in [0.1, 0.15) is 5.56 Å². The van der Waals surface area contributed by atoms with E-state index in [1.807, 2.05) is 18.2 Å². The molecule has 0 saturated heterocycles. The molecular weight excluding hydrogens is 217 g/mol. The third kappa shape index (κ3) is 3.04. The molecule has 0 fully saturated rings. The molecule has 0 aliphatic rings. The zero-order valence-corrected chi connectivity index (χ0v) is 9.40. The lowest BCUT2D eigenvalue weighted by atomic mass is 10.1. The van der Waals surface area contributed by atoms with Crippen LogP contribution >= 0.6 is 0 Å². The summed E-state index contributed by atoms with van der Waals surface area (Å²) in [6, 6.07) is 14.0. The summed E-state index contributed by atoms with van der Waals surface area (Å²) in [6.45, 7) is 0.538. The first kappa shape index (κ1) is 11.6. The minimum absolute atomic E-state index is 0.238. The number of hydrogen-bond donors (Lipinski definition) is 1. The SMILES string of the molecule is NCCc1ccc(F)c(Oc2ccccc2)c1. The van der Waals surface area contributed by atoms with Crippen LogP contribution in [0, 0.1) is 5.82 Å². The summed E-state index contributed by atoms with van der Waals surface area (Å²) >= 11 is 0. The van der Waals surface area contributed by atoms with Gasteiger partial charge in [-0.1, -0.05) is 24.3 Å². The monoisotopic (exact) mass is 231 g/mol. The van der Waals surface area contributed by atoms with Gasteiger partial charge >= 0.3 is 0 Å². The quantitative estimate of drug-likeness (QED) is 0.877. The topological polar surface area (TPSA) is 35.2 Å². The highest BCUT2D eigenvalue weighted by Crippen LogP contribution is 2.25. The van der Waals surface area contributed by atoms with Crippen molar-refractivity contribution in [3.05, 3.63) is 59.9 Å². The zero-order chi connectivity index (χ0) is 12.1. The summed E-state index contributed by atoms with van der Waals surface area (Å²) in [6.07, 6.45) is 0.714. The summed E-state index contributed by atoms with van der Waals surface area (Å²) in [7, 11) is 0. The van der Waals surface area contributed by atoms with Gasteiger partial charge in [0.05, 0.1) is 0 Å². The first-order chi connectivity index (χ1) is 8.29. The van der Waals surface area contributed by atoms with E-state index in [0.29, 0.717) is 18.7 Å². The van der Waals surface area contributed by atoms with Gasteiger partial charge in [-0.25, -0.2) is 4.39 Å². The van der Waals surface area contributed by atoms with Crippen LogP contribution in [-0.4, -0.2) is 6.54 Å². The predicted octanol–water partition coefficient (Wildman–Crippen LogP) is 3.12. The zero-order valence-electron chi connectivity index (χ0n) is 9.40. The Labute approximate surface area is 99.8 Å². The summed E-state index contributed by atoms with van der Waals surface area (Å²) in [5.41, 5.74) is 6.44. The van der Waals surface area contributed by atoms with Crippen molar-refractivity contribution in [1.82, 2.24) is 0 Å². The largest absolute Gasteiger partial charge is 0.454 e. The van der Waals surface area contributed by atoms with E-state index in [9.17, 15) is 4.39 Å². The number of ether oxygens (including phenoxy) is 1. The molecule has 17 heavy (non-hydrogen) atoms. The van der Waals surface area contributed by atoms with Crippen LogP contribution in [0.15, 0.2) is 48.5 Å². The van der Waals surface area contributed by atoms with Gasteiger partial charge in [0.2, 0.25) is 0 Å². The van der Waals surface area contributed by atoms with E-state index in [1.165, 1.54) is 6.07 Å². The Kier molecular flexibility index (Phi) is 3.73. The summed E-state index contributed by atoms with van der Waals surface area (Å²) in [5.74, 6) is 0.494. The molecule has 2 rings (SSSR count). The maximum atomic E-state index is 13.5. The lowest BCUT2D eigenvalue weighted by molar-refractivity contribution is 0.441. The Bertz CT molecular complexity index is 485. The van der Waals surface area contributed by atoms with Crippen LogP contribution in [0.25, 0.3) is 0 Å². The van der Waals surface area contributed by atoms with Crippen LogP contribution in [0.3, 0.4) is 0 Å². The normalized spacial score (nSPS) is 10.2. The Morgan fingerprint density at radius 2 is 1.82 bits per heavy atom. The van der Waals surface area contributed by atoms with Gasteiger partial charge in [-0.2, -0.15) is 0 Å². The van der Waals surface area contributed by atoms with Gasteiger partial charge in [0, 0.05) is 0 Å². The van der Waals surface area contributed by atoms with Gasteiger partial charge in [-0.3, -0.25) is 0 Å². The second-order valence-electron chi connectivity index (χ2n) is 3.72. The molecule has 2 aromatic carbocycles. The van der Waals surface area contributed by atoms with Crippen molar-refractivity contribution in [3.8, 4) is 11.5 Å². The summed E-state index contributed by atoms with van der Waals surface area (Å²) in [5, 5.41) is 0. The van der Waals surface area contributed by atoms with Gasteiger partial charge in [-0.05, 0) is 42.8 Å². The second-order valence-corrected chi connectivity index (χ2v) is 3.72. The van der Waals surface area contributed by atoms with E-state index in [1.54, 1.807) is 24.3 Å². The smallest absolute Gasteiger partial charge is 0.165 e. The highest BCUT2D eigenvalue weighted by Gasteiger charge is 2.05. The molecule has 88 valence electrons. The molecule has 0 aliphatic heterocycles.